The first-order valence-electron chi connectivity index (χ1n) is 8.43. The quantitative estimate of drug-likeness (QED) is 0.645. The van der Waals surface area contributed by atoms with E-state index in [9.17, 15) is 0 Å². The highest BCUT2D eigenvalue weighted by Crippen LogP contribution is 2.20. The highest BCUT2D eigenvalue weighted by molar-refractivity contribution is 7.80. The van der Waals surface area contributed by atoms with Crippen molar-refractivity contribution in [1.29, 1.82) is 0 Å². The van der Waals surface area contributed by atoms with Crippen molar-refractivity contribution in [2.45, 2.75) is 40.2 Å². The monoisotopic (exact) mass is 359 g/mol. The predicted molar refractivity (Wildman–Crippen MR) is 107 cm³/mol. The fourth-order valence-corrected chi connectivity index (χ4v) is 2.39. The molecule has 0 fully saturated rings. The molecule has 0 spiro atoms. The highest BCUT2D eigenvalue weighted by atomic mass is 32.1. The molecular weight excluding hydrogens is 334 g/mol. The molecule has 25 heavy (non-hydrogen) atoms. The van der Waals surface area contributed by atoms with Crippen LogP contribution < -0.4 is 20.7 Å². The minimum atomic E-state index is 0.297. The van der Waals surface area contributed by atoms with Gasteiger partial charge in [0.15, 0.2) is 5.11 Å². The van der Waals surface area contributed by atoms with Gasteiger partial charge in [0.05, 0.1) is 6.61 Å². The van der Waals surface area contributed by atoms with E-state index in [-0.39, 0.29) is 0 Å². The molecule has 134 valence electrons. The molecular formula is C18H25N5OS. The highest BCUT2D eigenvalue weighted by Gasteiger charge is 2.07. The maximum Gasteiger partial charge on any atom is 0.231 e. The Labute approximate surface area is 154 Å². The van der Waals surface area contributed by atoms with Crippen molar-refractivity contribution >= 4 is 34.8 Å². The van der Waals surface area contributed by atoms with E-state index < -0.39 is 0 Å². The second kappa shape index (κ2) is 9.17. The standard InChI is InChI=1S/C18H25N5OS/c1-5-12(3)20-18(25)23-17-19-13(4)11-16(22-17)21-14-7-9-15(10-8-14)24-6-2/h7-12H,5-6H2,1-4H3,(H3,19,20,21,22,23,25)/t12-/m0/s1. The van der Waals surface area contributed by atoms with Gasteiger partial charge < -0.3 is 20.7 Å². The Balaban J connectivity index is 2.06. The summed E-state index contributed by atoms with van der Waals surface area (Å²) >= 11 is 5.30. The molecule has 1 atom stereocenters. The van der Waals surface area contributed by atoms with Crippen LogP contribution >= 0.6 is 12.2 Å². The van der Waals surface area contributed by atoms with E-state index in [0.29, 0.717) is 29.5 Å². The third kappa shape index (κ3) is 6.19. The van der Waals surface area contributed by atoms with Crippen LogP contribution in [0.3, 0.4) is 0 Å². The number of rotatable bonds is 7. The molecule has 3 N–H and O–H groups in total. The molecule has 0 unspecified atom stereocenters. The second-order valence-corrected chi connectivity index (χ2v) is 6.12. The molecule has 0 aliphatic heterocycles. The Morgan fingerprint density at radius 1 is 1.20 bits per heavy atom. The lowest BCUT2D eigenvalue weighted by Crippen LogP contribution is -2.35. The lowest BCUT2D eigenvalue weighted by Gasteiger charge is -2.15. The fraction of sp³-hybridized carbons (Fsp3) is 0.389. The van der Waals surface area contributed by atoms with Gasteiger partial charge in [-0.2, -0.15) is 4.98 Å². The van der Waals surface area contributed by atoms with Crippen molar-refractivity contribution < 1.29 is 4.74 Å². The number of hydrogen-bond acceptors (Lipinski definition) is 5. The number of aromatic nitrogens is 2. The minimum absolute atomic E-state index is 0.297. The average Bonchev–Trinajstić information content (AvgIpc) is 2.56. The first-order valence-corrected chi connectivity index (χ1v) is 8.84. The summed E-state index contributed by atoms with van der Waals surface area (Å²) in [6.45, 7) is 8.70. The van der Waals surface area contributed by atoms with Gasteiger partial charge >= 0.3 is 0 Å². The number of benzene rings is 1. The largest absolute Gasteiger partial charge is 0.494 e. The third-order valence-electron chi connectivity index (χ3n) is 3.51. The molecule has 6 nitrogen and oxygen atoms in total. The lowest BCUT2D eigenvalue weighted by atomic mass is 10.3. The van der Waals surface area contributed by atoms with Gasteiger partial charge in [0.1, 0.15) is 11.6 Å². The van der Waals surface area contributed by atoms with Crippen molar-refractivity contribution in [3.8, 4) is 5.75 Å². The van der Waals surface area contributed by atoms with Gasteiger partial charge in [-0.25, -0.2) is 4.98 Å². The molecule has 0 saturated heterocycles. The first kappa shape index (κ1) is 18.9. The van der Waals surface area contributed by atoms with Crippen LogP contribution in [0.5, 0.6) is 5.75 Å². The molecule has 1 aromatic carbocycles. The average molecular weight is 359 g/mol. The molecule has 0 amide bonds. The molecule has 0 aliphatic carbocycles. The maximum absolute atomic E-state index is 5.45. The van der Waals surface area contributed by atoms with E-state index in [2.05, 4.69) is 39.8 Å². The first-order chi connectivity index (χ1) is 12.0. The molecule has 2 rings (SSSR count). The number of ether oxygens (including phenoxy) is 1. The summed E-state index contributed by atoms with van der Waals surface area (Å²) in [5, 5.41) is 10.0. The zero-order chi connectivity index (χ0) is 18.2. The van der Waals surface area contributed by atoms with Crippen LogP contribution in [0.1, 0.15) is 32.9 Å². The normalized spacial score (nSPS) is 11.5. The Morgan fingerprint density at radius 3 is 2.56 bits per heavy atom. The minimum Gasteiger partial charge on any atom is -0.494 e. The summed E-state index contributed by atoms with van der Waals surface area (Å²) in [5.74, 6) is 2.01. The van der Waals surface area contributed by atoms with Crippen molar-refractivity contribution in [3.63, 3.8) is 0 Å². The Hall–Kier alpha value is -2.41. The van der Waals surface area contributed by atoms with E-state index in [1.165, 1.54) is 0 Å². The summed E-state index contributed by atoms with van der Waals surface area (Å²) in [6.07, 6.45) is 0.987. The SMILES string of the molecule is CCOc1ccc(Nc2cc(C)nc(NC(=S)N[C@@H](C)CC)n2)cc1. The van der Waals surface area contributed by atoms with Crippen LogP contribution in [0.15, 0.2) is 30.3 Å². The molecule has 0 bridgehead atoms. The summed E-state index contributed by atoms with van der Waals surface area (Å²) in [7, 11) is 0. The molecule has 2 aromatic rings. The molecule has 1 heterocycles. The summed E-state index contributed by atoms with van der Waals surface area (Å²) < 4.78 is 5.45. The number of hydrogen-bond donors (Lipinski definition) is 3. The zero-order valence-electron chi connectivity index (χ0n) is 15.1. The number of thiocarbonyl (C=S) groups is 1. The topological polar surface area (TPSA) is 71.1 Å². The molecule has 0 radical (unpaired) electrons. The summed E-state index contributed by atoms with van der Waals surface area (Å²) in [5.41, 5.74) is 1.77. The third-order valence-corrected chi connectivity index (χ3v) is 3.73. The van der Waals surface area contributed by atoms with Gasteiger partial charge in [0.2, 0.25) is 5.95 Å². The van der Waals surface area contributed by atoms with Gasteiger partial charge in [-0.05, 0) is 63.7 Å². The van der Waals surface area contributed by atoms with Crippen LogP contribution in [0, 0.1) is 6.92 Å². The van der Waals surface area contributed by atoms with Crippen molar-refractivity contribution in [3.05, 3.63) is 36.0 Å². The predicted octanol–water partition coefficient (Wildman–Crippen LogP) is 4.01. The fourth-order valence-electron chi connectivity index (χ4n) is 2.10. The van der Waals surface area contributed by atoms with Gasteiger partial charge in [0, 0.05) is 23.5 Å². The molecule has 1 aromatic heterocycles. The number of nitrogens with zero attached hydrogens (tertiary/aromatic N) is 2. The van der Waals surface area contributed by atoms with Crippen molar-refractivity contribution in [1.82, 2.24) is 15.3 Å². The lowest BCUT2D eigenvalue weighted by molar-refractivity contribution is 0.340. The van der Waals surface area contributed by atoms with E-state index >= 15 is 0 Å². The number of nitrogens with one attached hydrogen (secondary N) is 3. The summed E-state index contributed by atoms with van der Waals surface area (Å²) in [4.78, 5) is 8.85. The number of anilines is 3. The zero-order valence-corrected chi connectivity index (χ0v) is 15.9. The van der Waals surface area contributed by atoms with Gasteiger partial charge in [-0.3, -0.25) is 0 Å². The summed E-state index contributed by atoms with van der Waals surface area (Å²) in [6, 6.07) is 9.92. The van der Waals surface area contributed by atoms with E-state index in [1.54, 1.807) is 0 Å². The Bertz CT molecular complexity index is 705. The van der Waals surface area contributed by atoms with Gasteiger partial charge in [0.25, 0.3) is 0 Å². The van der Waals surface area contributed by atoms with Gasteiger partial charge in [-0.15, -0.1) is 0 Å². The van der Waals surface area contributed by atoms with Crippen molar-refractivity contribution in [2.75, 3.05) is 17.2 Å². The molecule has 7 heteroatoms. The maximum atomic E-state index is 5.45. The van der Waals surface area contributed by atoms with Crippen LogP contribution in [-0.2, 0) is 0 Å². The van der Waals surface area contributed by atoms with E-state index in [1.807, 2.05) is 44.2 Å². The Morgan fingerprint density at radius 2 is 1.92 bits per heavy atom. The second-order valence-electron chi connectivity index (χ2n) is 5.71. The Kier molecular flexibility index (Phi) is 6.94. The van der Waals surface area contributed by atoms with Crippen LogP contribution in [0.4, 0.5) is 17.5 Å². The number of aryl methyl sites for hydroxylation is 1. The smallest absolute Gasteiger partial charge is 0.231 e. The van der Waals surface area contributed by atoms with Gasteiger partial charge in [-0.1, -0.05) is 6.92 Å². The van der Waals surface area contributed by atoms with Crippen LogP contribution in [-0.4, -0.2) is 27.7 Å². The van der Waals surface area contributed by atoms with E-state index in [4.69, 9.17) is 17.0 Å². The van der Waals surface area contributed by atoms with Crippen LogP contribution in [0.25, 0.3) is 0 Å². The molecule has 0 saturated carbocycles. The van der Waals surface area contributed by atoms with E-state index in [0.717, 1.165) is 23.6 Å². The van der Waals surface area contributed by atoms with Crippen LogP contribution in [0.2, 0.25) is 0 Å². The molecule has 0 aliphatic rings. The van der Waals surface area contributed by atoms with Crippen molar-refractivity contribution in [2.24, 2.45) is 0 Å².